The molecule has 96 valence electrons. The first kappa shape index (κ1) is 16.2. The Morgan fingerprint density at radius 1 is 1.47 bits per heavy atom. The fourth-order valence-electron chi connectivity index (χ4n) is 1.24. The molecule has 6 heteroatoms. The van der Waals surface area contributed by atoms with Gasteiger partial charge in [0, 0.05) is 0 Å². The maximum Gasteiger partial charge on any atom is 0.148 e. The Hall–Kier alpha value is -0.840. The van der Waals surface area contributed by atoms with Crippen LogP contribution in [0.3, 0.4) is 0 Å². The molecular weight excluding hydrogens is 486 g/mol. The van der Waals surface area contributed by atoms with Crippen LogP contribution < -0.4 is 10.5 Å². The maximum absolute atomic E-state index is 8.93. The quantitative estimate of drug-likeness (QED) is 0.230. The van der Waals surface area contributed by atoms with Crippen molar-refractivity contribution in [3.05, 3.63) is 30.4 Å². The highest BCUT2D eigenvalue weighted by Crippen LogP contribution is 2.29. The van der Waals surface area contributed by atoms with Gasteiger partial charge >= 0.3 is 0 Å². The number of nitrogens with two attached hydrogens (primary N) is 1. The smallest absolute Gasteiger partial charge is 0.148 e. The van der Waals surface area contributed by atoms with Gasteiger partial charge in [-0.25, -0.2) is 0 Å². The van der Waals surface area contributed by atoms with Crippen LogP contribution in [0.1, 0.15) is 5.56 Å². The third-order valence-corrected chi connectivity index (χ3v) is 3.84. The summed E-state index contributed by atoms with van der Waals surface area (Å²) in [5.74, 6) is 3.16. The van der Waals surface area contributed by atoms with Crippen molar-refractivity contribution in [1.82, 2.24) is 0 Å². The zero-order valence-corrected chi connectivity index (χ0v) is 14.7. The van der Waals surface area contributed by atoms with Crippen molar-refractivity contribution in [1.29, 1.82) is 5.26 Å². The zero-order chi connectivity index (χ0) is 14.4. The first-order chi connectivity index (χ1) is 8.99. The van der Waals surface area contributed by atoms with Gasteiger partial charge in [0.15, 0.2) is 0 Å². The van der Waals surface area contributed by atoms with E-state index in [1.807, 2.05) is 18.2 Å². The first-order valence-electron chi connectivity index (χ1n) is 4.96. The molecule has 0 aliphatic rings. The Morgan fingerprint density at radius 3 is 2.47 bits per heavy atom. The van der Waals surface area contributed by atoms with Crippen LogP contribution in [0.2, 0.25) is 0 Å². The third-order valence-electron chi connectivity index (χ3n) is 2.02. The summed E-state index contributed by atoms with van der Waals surface area (Å²) in [6, 6.07) is 5.73. The molecule has 0 atom stereocenters. The third kappa shape index (κ3) is 4.64. The average molecular weight is 494 g/mol. The van der Waals surface area contributed by atoms with Crippen molar-refractivity contribution in [2.24, 2.45) is 5.73 Å². The fraction of sp³-hybridized carbons (Fsp3) is 0.0769. The topological polar surface area (TPSA) is 59.0 Å². The predicted molar refractivity (Wildman–Crippen MR) is 96.6 cm³/mol. The van der Waals surface area contributed by atoms with Crippen molar-refractivity contribution < 1.29 is 4.74 Å². The summed E-state index contributed by atoms with van der Waals surface area (Å²) in [4.78, 5) is 0.0835. The second kappa shape index (κ2) is 7.68. The first-order valence-corrected chi connectivity index (χ1v) is 7.53. The number of terminal acetylenes is 1. The fourth-order valence-corrected chi connectivity index (χ4v) is 3.47. The summed E-state index contributed by atoms with van der Waals surface area (Å²) >= 11 is 9.11. The molecule has 1 rings (SSSR count). The molecule has 1 aromatic carbocycles. The molecule has 0 aliphatic heterocycles. The lowest BCUT2D eigenvalue weighted by Crippen LogP contribution is -2.09. The van der Waals surface area contributed by atoms with Crippen molar-refractivity contribution in [3.63, 3.8) is 0 Å². The monoisotopic (exact) mass is 494 g/mol. The number of rotatable bonds is 4. The van der Waals surface area contributed by atoms with Gasteiger partial charge in [-0.1, -0.05) is 18.1 Å². The van der Waals surface area contributed by atoms with Gasteiger partial charge in [-0.15, -0.1) is 6.42 Å². The van der Waals surface area contributed by atoms with Gasteiger partial charge in [0.05, 0.1) is 12.7 Å². The summed E-state index contributed by atoms with van der Waals surface area (Å²) in [7, 11) is 0. The lowest BCUT2D eigenvalue weighted by atomic mass is 10.1. The number of benzene rings is 1. The Labute approximate surface area is 144 Å². The Balaban J connectivity index is 3.19. The van der Waals surface area contributed by atoms with Gasteiger partial charge < -0.3 is 10.5 Å². The number of halogens is 2. The molecule has 0 saturated carbocycles. The molecule has 0 fully saturated rings. The van der Waals surface area contributed by atoms with E-state index < -0.39 is 0 Å². The van der Waals surface area contributed by atoms with E-state index >= 15 is 0 Å². The van der Waals surface area contributed by atoms with E-state index in [0.29, 0.717) is 0 Å². The summed E-state index contributed by atoms with van der Waals surface area (Å²) in [6.07, 6.45) is 6.82. The molecular formula is C13H8I2N2OS. The summed E-state index contributed by atoms with van der Waals surface area (Å²) in [6.45, 7) is 0.220. The Bertz CT molecular complexity index is 604. The lowest BCUT2D eigenvalue weighted by molar-refractivity contribution is 0.365. The van der Waals surface area contributed by atoms with Crippen LogP contribution in [-0.2, 0) is 0 Å². The van der Waals surface area contributed by atoms with Gasteiger partial charge in [-0.05, 0) is 69.0 Å². The summed E-state index contributed by atoms with van der Waals surface area (Å²) < 4.78 is 7.28. The van der Waals surface area contributed by atoms with Crippen LogP contribution in [-0.4, -0.2) is 11.6 Å². The molecule has 0 spiro atoms. The van der Waals surface area contributed by atoms with Gasteiger partial charge in [0.2, 0.25) is 0 Å². The number of hydrogen-bond donors (Lipinski definition) is 1. The van der Waals surface area contributed by atoms with E-state index in [0.717, 1.165) is 18.5 Å². The second-order valence-corrected chi connectivity index (χ2v) is 6.10. The van der Waals surface area contributed by atoms with Gasteiger partial charge in [0.25, 0.3) is 0 Å². The minimum absolute atomic E-state index is 0.0835. The number of nitrogens with zero attached hydrogens (tertiary/aromatic N) is 1. The van der Waals surface area contributed by atoms with E-state index in [1.54, 1.807) is 6.08 Å². The molecule has 19 heavy (non-hydrogen) atoms. The lowest BCUT2D eigenvalue weighted by Gasteiger charge is -2.09. The van der Waals surface area contributed by atoms with Gasteiger partial charge in [0.1, 0.15) is 23.4 Å². The molecule has 0 bridgehead atoms. The van der Waals surface area contributed by atoms with Crippen LogP contribution in [0, 0.1) is 30.8 Å². The largest absolute Gasteiger partial charge is 0.479 e. The summed E-state index contributed by atoms with van der Waals surface area (Å²) in [5, 5.41) is 8.93. The predicted octanol–water partition coefficient (Wildman–Crippen LogP) is 3.10. The van der Waals surface area contributed by atoms with Crippen molar-refractivity contribution >= 4 is 68.5 Å². The highest BCUT2D eigenvalue weighted by atomic mass is 127. The zero-order valence-electron chi connectivity index (χ0n) is 9.61. The molecule has 3 nitrogen and oxygen atoms in total. The Kier molecular flexibility index (Phi) is 6.55. The SMILES string of the molecule is C#CCOc1c(I)cc(/C=C(/C#N)C(N)=S)cc1I. The highest BCUT2D eigenvalue weighted by Gasteiger charge is 2.09. The number of hydrogen-bond acceptors (Lipinski definition) is 3. The maximum atomic E-state index is 8.93. The minimum Gasteiger partial charge on any atom is -0.479 e. The van der Waals surface area contributed by atoms with Crippen LogP contribution in [0.15, 0.2) is 17.7 Å². The molecule has 0 aromatic heterocycles. The molecule has 0 heterocycles. The van der Waals surface area contributed by atoms with Gasteiger partial charge in [-0.3, -0.25) is 0 Å². The highest BCUT2D eigenvalue weighted by molar-refractivity contribution is 14.1. The van der Waals surface area contributed by atoms with Crippen molar-refractivity contribution in [3.8, 4) is 24.2 Å². The van der Waals surface area contributed by atoms with Crippen LogP contribution in [0.5, 0.6) is 5.75 Å². The van der Waals surface area contributed by atoms with Crippen molar-refractivity contribution in [2.75, 3.05) is 6.61 Å². The molecule has 0 saturated heterocycles. The average Bonchev–Trinajstić information content (AvgIpc) is 2.34. The molecule has 0 radical (unpaired) electrons. The Morgan fingerprint density at radius 2 is 2.05 bits per heavy atom. The number of thiocarbonyl (C=S) groups is 1. The van der Waals surface area contributed by atoms with E-state index in [-0.39, 0.29) is 17.2 Å². The van der Waals surface area contributed by atoms with E-state index in [2.05, 4.69) is 51.1 Å². The molecule has 0 amide bonds. The number of ether oxygens (including phenoxy) is 1. The standard InChI is InChI=1S/C13H8I2N2OS/c1-2-3-18-12-10(14)5-8(6-11(12)15)4-9(7-16)13(17)19/h1,4-6H,3H2,(H2,17,19)/b9-4-. The van der Waals surface area contributed by atoms with Crippen LogP contribution in [0.4, 0.5) is 0 Å². The van der Waals surface area contributed by atoms with Crippen molar-refractivity contribution in [2.45, 2.75) is 0 Å². The summed E-state index contributed by atoms with van der Waals surface area (Å²) in [5.41, 5.74) is 6.57. The number of nitriles is 1. The van der Waals surface area contributed by atoms with Crippen LogP contribution in [0.25, 0.3) is 6.08 Å². The second-order valence-electron chi connectivity index (χ2n) is 3.34. The normalized spacial score (nSPS) is 10.4. The molecule has 2 N–H and O–H groups in total. The van der Waals surface area contributed by atoms with E-state index in [1.165, 1.54) is 0 Å². The van der Waals surface area contributed by atoms with Crippen LogP contribution >= 0.6 is 57.4 Å². The molecule has 0 unspecified atom stereocenters. The minimum atomic E-state index is 0.0835. The molecule has 1 aromatic rings. The van der Waals surface area contributed by atoms with E-state index in [9.17, 15) is 0 Å². The van der Waals surface area contributed by atoms with Gasteiger partial charge in [-0.2, -0.15) is 5.26 Å². The molecule has 0 aliphatic carbocycles. The van der Waals surface area contributed by atoms with E-state index in [4.69, 9.17) is 34.4 Å².